The van der Waals surface area contributed by atoms with Gasteiger partial charge in [-0.15, -0.1) is 0 Å². The quantitative estimate of drug-likeness (QED) is 0.344. The number of hydrogen-bond acceptors (Lipinski definition) is 6. The highest BCUT2D eigenvalue weighted by Crippen LogP contribution is 2.30. The molecule has 1 fully saturated rings. The zero-order chi connectivity index (χ0) is 25.7. The van der Waals surface area contributed by atoms with Gasteiger partial charge < -0.3 is 24.3 Å². The fourth-order valence-corrected chi connectivity index (χ4v) is 4.85. The predicted molar refractivity (Wildman–Crippen MR) is 138 cm³/mol. The van der Waals surface area contributed by atoms with Gasteiger partial charge in [0.25, 0.3) is 5.91 Å². The van der Waals surface area contributed by atoms with Crippen molar-refractivity contribution in [3.8, 4) is 22.6 Å². The van der Waals surface area contributed by atoms with Gasteiger partial charge in [0.2, 0.25) is 0 Å². The zero-order valence-electron chi connectivity index (χ0n) is 20.2. The minimum Gasteiger partial charge on any atom is -0.493 e. The average molecular weight is 497 g/mol. The molecule has 0 saturated carbocycles. The van der Waals surface area contributed by atoms with E-state index in [4.69, 9.17) is 14.9 Å². The summed E-state index contributed by atoms with van der Waals surface area (Å²) in [6.07, 6.45) is 3.54. The van der Waals surface area contributed by atoms with E-state index in [2.05, 4.69) is 15.0 Å². The van der Waals surface area contributed by atoms with Crippen LogP contribution in [0.1, 0.15) is 16.5 Å². The second-order valence-corrected chi connectivity index (χ2v) is 8.99. The number of pyridine rings is 1. The third-order valence-corrected chi connectivity index (χ3v) is 6.84. The lowest BCUT2D eigenvalue weighted by Gasteiger charge is -2.39. The van der Waals surface area contributed by atoms with Crippen molar-refractivity contribution in [2.24, 2.45) is 0 Å². The summed E-state index contributed by atoms with van der Waals surface area (Å²) in [5, 5.41) is 10.1. The lowest BCUT2D eigenvalue weighted by Crippen LogP contribution is -2.56. The normalized spacial score (nSPS) is 13.6. The number of rotatable bonds is 5. The molecular formula is C27H24N6O4. The summed E-state index contributed by atoms with van der Waals surface area (Å²) in [6.45, 7) is 0.654. The third kappa shape index (κ3) is 3.74. The van der Waals surface area contributed by atoms with Gasteiger partial charge >= 0.3 is 5.69 Å². The number of benzene rings is 2. The summed E-state index contributed by atoms with van der Waals surface area (Å²) < 4.78 is 12.1. The fourth-order valence-electron chi connectivity index (χ4n) is 4.85. The molecular weight excluding hydrogens is 472 g/mol. The number of fused-ring (bicyclic) bond motifs is 2. The number of aromatic amines is 2. The first-order valence-electron chi connectivity index (χ1n) is 11.7. The highest BCUT2D eigenvalue weighted by Gasteiger charge is 2.34. The van der Waals surface area contributed by atoms with E-state index in [1.54, 1.807) is 29.4 Å². The number of H-pyrrole nitrogens is 2. The molecule has 3 aromatic heterocycles. The minimum absolute atomic E-state index is 0.0605. The number of carbonyl (C=O) groups excluding carboxylic acids is 1. The molecule has 4 heterocycles. The number of nitrogens with zero attached hydrogens (tertiary/aromatic N) is 3. The number of likely N-dealkylation sites (tertiary alicyclic amines) is 1. The monoisotopic (exact) mass is 496 g/mol. The van der Waals surface area contributed by atoms with Crippen LogP contribution in [0.3, 0.4) is 0 Å². The standard InChI is InChI=1S/C27H24N6O4/c1-36-23-10-19-21(11-24(23)37-2)31-27(35)33(25(19)28)18-13-32(14-18)26(34)22-9-17-8-15(5-6-20(17)30-22)16-4-3-7-29-12-16/h3-12,18,28,30H,13-14H2,1-2H3,(H,31,35). The number of nitrogens with one attached hydrogen (secondary N) is 3. The van der Waals surface area contributed by atoms with Gasteiger partial charge in [0.15, 0.2) is 11.5 Å². The molecule has 0 spiro atoms. The van der Waals surface area contributed by atoms with Crippen LogP contribution in [0.5, 0.6) is 11.5 Å². The molecule has 0 bridgehead atoms. The highest BCUT2D eigenvalue weighted by atomic mass is 16.5. The van der Waals surface area contributed by atoms with E-state index < -0.39 is 5.69 Å². The van der Waals surface area contributed by atoms with Crippen LogP contribution in [0.15, 0.2) is 65.7 Å². The second-order valence-electron chi connectivity index (χ2n) is 8.99. The van der Waals surface area contributed by atoms with Crippen LogP contribution in [0, 0.1) is 5.41 Å². The molecule has 1 aliphatic heterocycles. The first-order chi connectivity index (χ1) is 18.0. The molecule has 37 heavy (non-hydrogen) atoms. The van der Waals surface area contributed by atoms with Gasteiger partial charge in [-0.3, -0.25) is 19.8 Å². The molecule has 10 heteroatoms. The van der Waals surface area contributed by atoms with Crippen molar-refractivity contribution in [3.05, 3.63) is 82.6 Å². The van der Waals surface area contributed by atoms with E-state index in [1.807, 2.05) is 36.4 Å². The third-order valence-electron chi connectivity index (χ3n) is 6.84. The average Bonchev–Trinajstić information content (AvgIpc) is 3.33. The lowest BCUT2D eigenvalue weighted by atomic mass is 10.1. The van der Waals surface area contributed by atoms with Crippen LogP contribution in [0.2, 0.25) is 0 Å². The Labute approximate surface area is 210 Å². The van der Waals surface area contributed by atoms with Gasteiger partial charge in [-0.25, -0.2) is 4.79 Å². The Balaban J connectivity index is 1.25. The number of carbonyl (C=O) groups is 1. The molecule has 2 aromatic carbocycles. The number of amides is 1. The van der Waals surface area contributed by atoms with Crippen molar-refractivity contribution in [3.63, 3.8) is 0 Å². The van der Waals surface area contributed by atoms with Gasteiger partial charge in [0, 0.05) is 53.4 Å². The van der Waals surface area contributed by atoms with Crippen molar-refractivity contribution in [1.82, 2.24) is 24.4 Å². The molecule has 1 aliphatic rings. The highest BCUT2D eigenvalue weighted by molar-refractivity contribution is 5.99. The summed E-state index contributed by atoms with van der Waals surface area (Å²) in [6, 6.07) is 14.7. The molecule has 5 aromatic rings. The van der Waals surface area contributed by atoms with Gasteiger partial charge in [-0.05, 0) is 35.9 Å². The van der Waals surface area contributed by atoms with Gasteiger partial charge in [-0.2, -0.15) is 0 Å². The van der Waals surface area contributed by atoms with Crippen molar-refractivity contribution in [2.45, 2.75) is 6.04 Å². The van der Waals surface area contributed by atoms with E-state index in [0.29, 0.717) is 41.2 Å². The first kappa shape index (κ1) is 22.6. The maximum Gasteiger partial charge on any atom is 0.327 e. The lowest BCUT2D eigenvalue weighted by molar-refractivity contribution is 0.0502. The van der Waals surface area contributed by atoms with E-state index in [9.17, 15) is 9.59 Å². The Morgan fingerprint density at radius 1 is 1.00 bits per heavy atom. The summed E-state index contributed by atoms with van der Waals surface area (Å²) in [5.41, 5.74) is 3.51. The van der Waals surface area contributed by atoms with E-state index in [0.717, 1.165) is 22.0 Å². The molecule has 0 aliphatic carbocycles. The van der Waals surface area contributed by atoms with Gasteiger partial charge in [-0.1, -0.05) is 12.1 Å². The van der Waals surface area contributed by atoms with Crippen LogP contribution in [-0.2, 0) is 0 Å². The SMILES string of the molecule is COc1cc2[nH]c(=O)n(C3CN(C(=O)c4cc5cc(-c6cccnc6)ccc5[nH]4)C3)c(=N)c2cc1OC. The Morgan fingerprint density at radius 2 is 1.78 bits per heavy atom. The summed E-state index contributed by atoms with van der Waals surface area (Å²) >= 11 is 0. The van der Waals surface area contributed by atoms with Crippen molar-refractivity contribution >= 4 is 27.7 Å². The van der Waals surface area contributed by atoms with Crippen LogP contribution in [0.25, 0.3) is 32.9 Å². The second kappa shape index (κ2) is 8.66. The number of methoxy groups -OCH3 is 2. The summed E-state index contributed by atoms with van der Waals surface area (Å²) in [5.74, 6) is 0.790. The summed E-state index contributed by atoms with van der Waals surface area (Å²) in [4.78, 5) is 37.9. The topological polar surface area (TPSA) is 129 Å². The maximum absolute atomic E-state index is 13.2. The van der Waals surface area contributed by atoms with Crippen LogP contribution >= 0.6 is 0 Å². The molecule has 3 N–H and O–H groups in total. The van der Waals surface area contributed by atoms with Gasteiger partial charge in [0.1, 0.15) is 11.2 Å². The molecule has 1 amide bonds. The molecule has 0 radical (unpaired) electrons. The zero-order valence-corrected chi connectivity index (χ0v) is 20.2. The van der Waals surface area contributed by atoms with Crippen LogP contribution in [0.4, 0.5) is 0 Å². The Kier molecular flexibility index (Phi) is 5.29. The number of ether oxygens (including phenoxy) is 2. The Bertz CT molecular complexity index is 1780. The molecule has 6 rings (SSSR count). The van der Waals surface area contributed by atoms with E-state index in [-0.39, 0.29) is 17.4 Å². The number of aromatic nitrogens is 4. The van der Waals surface area contributed by atoms with Crippen LogP contribution < -0.4 is 20.7 Å². The van der Waals surface area contributed by atoms with Crippen molar-refractivity contribution in [2.75, 3.05) is 27.3 Å². The molecule has 0 unspecified atom stereocenters. The van der Waals surface area contributed by atoms with E-state index >= 15 is 0 Å². The Hall–Kier alpha value is -4.86. The smallest absolute Gasteiger partial charge is 0.327 e. The maximum atomic E-state index is 13.2. The molecule has 1 saturated heterocycles. The largest absolute Gasteiger partial charge is 0.493 e. The van der Waals surface area contributed by atoms with E-state index in [1.165, 1.54) is 18.8 Å². The van der Waals surface area contributed by atoms with Gasteiger partial charge in [0.05, 0.1) is 25.8 Å². The van der Waals surface area contributed by atoms with Crippen LogP contribution in [-0.4, -0.2) is 57.6 Å². The molecule has 10 nitrogen and oxygen atoms in total. The first-order valence-corrected chi connectivity index (χ1v) is 11.7. The van der Waals surface area contributed by atoms with Crippen molar-refractivity contribution in [1.29, 1.82) is 5.41 Å². The fraction of sp³-hybridized carbons (Fsp3) is 0.185. The number of hydrogen-bond donors (Lipinski definition) is 3. The van der Waals surface area contributed by atoms with Crippen molar-refractivity contribution < 1.29 is 14.3 Å². The summed E-state index contributed by atoms with van der Waals surface area (Å²) in [7, 11) is 3.03. The molecule has 0 atom stereocenters. The Morgan fingerprint density at radius 3 is 2.51 bits per heavy atom. The predicted octanol–water partition coefficient (Wildman–Crippen LogP) is 3.07. The molecule has 186 valence electrons. The minimum atomic E-state index is -0.407.